The van der Waals surface area contributed by atoms with Gasteiger partial charge in [0.1, 0.15) is 0 Å². The zero-order chi connectivity index (χ0) is 13.1. The monoisotopic (exact) mass is 322 g/mol. The predicted molar refractivity (Wildman–Crippen MR) is 82.4 cm³/mol. The Balaban J connectivity index is 2.22. The van der Waals surface area contributed by atoms with E-state index in [2.05, 4.69) is 72.2 Å². The third-order valence-electron chi connectivity index (χ3n) is 3.09. The maximum Gasteiger partial charge on any atom is 0.0626 e. The molecule has 1 atom stereocenters. The van der Waals surface area contributed by atoms with Gasteiger partial charge in [0.15, 0.2) is 0 Å². The van der Waals surface area contributed by atoms with Crippen LogP contribution in [0.5, 0.6) is 0 Å². The fraction of sp³-hybridized carbons (Fsp3) is 0.250. The second-order valence-electron chi connectivity index (χ2n) is 4.66. The van der Waals surface area contributed by atoms with E-state index in [4.69, 9.17) is 11.6 Å². The fourth-order valence-electron chi connectivity index (χ4n) is 2.10. The van der Waals surface area contributed by atoms with Crippen molar-refractivity contribution in [2.75, 3.05) is 0 Å². The molecule has 0 saturated carbocycles. The molecule has 0 aliphatic heterocycles. The molecular weight excluding hydrogens is 308 g/mol. The average molecular weight is 324 g/mol. The minimum absolute atomic E-state index is 0.0160. The number of rotatable bonds is 3. The van der Waals surface area contributed by atoms with Gasteiger partial charge in [-0.2, -0.15) is 0 Å². The Hall–Kier alpha value is -0.790. The molecule has 0 aromatic heterocycles. The molecule has 0 radical (unpaired) electrons. The molecule has 0 saturated heterocycles. The smallest absolute Gasteiger partial charge is 0.0626 e. The van der Waals surface area contributed by atoms with Gasteiger partial charge in [-0.05, 0) is 54.7 Å². The molecule has 1 unspecified atom stereocenters. The van der Waals surface area contributed by atoms with Gasteiger partial charge >= 0.3 is 0 Å². The van der Waals surface area contributed by atoms with E-state index < -0.39 is 0 Å². The molecule has 0 nitrogen and oxygen atoms in total. The lowest BCUT2D eigenvalue weighted by Gasteiger charge is -2.13. The van der Waals surface area contributed by atoms with Crippen molar-refractivity contribution in [1.82, 2.24) is 0 Å². The molecule has 0 fully saturated rings. The molecule has 94 valence electrons. The lowest BCUT2D eigenvalue weighted by Crippen LogP contribution is -1.98. The Morgan fingerprint density at radius 3 is 2.50 bits per heavy atom. The number of benzene rings is 2. The van der Waals surface area contributed by atoms with Crippen molar-refractivity contribution in [3.63, 3.8) is 0 Å². The highest BCUT2D eigenvalue weighted by Gasteiger charge is 2.11. The number of alkyl halides is 1. The van der Waals surface area contributed by atoms with Crippen molar-refractivity contribution in [3.8, 4) is 0 Å². The summed E-state index contributed by atoms with van der Waals surface area (Å²) >= 11 is 10.1. The van der Waals surface area contributed by atoms with Crippen LogP contribution in [0.4, 0.5) is 0 Å². The standard InChI is InChI=1S/C16H16BrCl/c1-11-7-14(9-15(17)8-11)16(18)10-13-6-4-3-5-12(13)2/h3-9,16H,10H2,1-2H3. The van der Waals surface area contributed by atoms with E-state index in [1.54, 1.807) is 0 Å². The van der Waals surface area contributed by atoms with Gasteiger partial charge in [0.2, 0.25) is 0 Å². The van der Waals surface area contributed by atoms with Crippen molar-refractivity contribution in [1.29, 1.82) is 0 Å². The van der Waals surface area contributed by atoms with Gasteiger partial charge in [-0.15, -0.1) is 11.6 Å². The Morgan fingerprint density at radius 1 is 1.11 bits per heavy atom. The molecule has 2 aromatic rings. The van der Waals surface area contributed by atoms with Crippen LogP contribution in [-0.4, -0.2) is 0 Å². The van der Waals surface area contributed by atoms with Crippen LogP contribution in [0, 0.1) is 13.8 Å². The molecule has 0 heterocycles. The van der Waals surface area contributed by atoms with Crippen molar-refractivity contribution in [3.05, 3.63) is 69.2 Å². The van der Waals surface area contributed by atoms with Crippen molar-refractivity contribution < 1.29 is 0 Å². The summed E-state index contributed by atoms with van der Waals surface area (Å²) in [5.74, 6) is 0. The van der Waals surface area contributed by atoms with Gasteiger partial charge in [-0.3, -0.25) is 0 Å². The Morgan fingerprint density at radius 2 is 1.83 bits per heavy atom. The molecule has 2 rings (SSSR count). The zero-order valence-corrected chi connectivity index (χ0v) is 12.9. The second kappa shape index (κ2) is 5.90. The summed E-state index contributed by atoms with van der Waals surface area (Å²) in [5.41, 5.74) is 5.02. The zero-order valence-electron chi connectivity index (χ0n) is 10.6. The summed E-state index contributed by atoms with van der Waals surface area (Å²) in [6, 6.07) is 14.8. The van der Waals surface area contributed by atoms with E-state index in [0.717, 1.165) is 10.9 Å². The number of hydrogen-bond donors (Lipinski definition) is 0. The third kappa shape index (κ3) is 3.37. The molecule has 2 aromatic carbocycles. The van der Waals surface area contributed by atoms with Crippen LogP contribution in [0.2, 0.25) is 0 Å². The fourth-order valence-corrected chi connectivity index (χ4v) is 3.01. The molecular formula is C16H16BrCl. The van der Waals surface area contributed by atoms with Crippen LogP contribution in [-0.2, 0) is 6.42 Å². The van der Waals surface area contributed by atoms with Crippen LogP contribution in [0.15, 0.2) is 46.9 Å². The molecule has 0 N–H and O–H groups in total. The van der Waals surface area contributed by atoms with Crippen LogP contribution >= 0.6 is 27.5 Å². The number of aryl methyl sites for hydroxylation is 2. The molecule has 0 amide bonds. The first-order chi connectivity index (χ1) is 8.56. The second-order valence-corrected chi connectivity index (χ2v) is 6.10. The normalized spacial score (nSPS) is 12.4. The van der Waals surface area contributed by atoms with Gasteiger partial charge in [0.25, 0.3) is 0 Å². The topological polar surface area (TPSA) is 0 Å². The summed E-state index contributed by atoms with van der Waals surface area (Å²) < 4.78 is 1.09. The van der Waals surface area contributed by atoms with Crippen molar-refractivity contribution in [2.24, 2.45) is 0 Å². The minimum atomic E-state index is 0.0160. The number of halogens is 2. The summed E-state index contributed by atoms with van der Waals surface area (Å²) in [6.07, 6.45) is 0.865. The van der Waals surface area contributed by atoms with Crippen LogP contribution in [0.1, 0.15) is 27.6 Å². The molecule has 2 heteroatoms. The maximum absolute atomic E-state index is 6.54. The lowest BCUT2D eigenvalue weighted by molar-refractivity contribution is 0.908. The molecule has 0 spiro atoms. The third-order valence-corrected chi connectivity index (χ3v) is 3.95. The lowest BCUT2D eigenvalue weighted by atomic mass is 9.99. The minimum Gasteiger partial charge on any atom is -0.117 e. The molecule has 0 aliphatic carbocycles. The van der Waals surface area contributed by atoms with E-state index in [0.29, 0.717) is 0 Å². The summed E-state index contributed by atoms with van der Waals surface area (Å²) in [4.78, 5) is 0. The molecule has 0 aliphatic rings. The van der Waals surface area contributed by atoms with Gasteiger partial charge in [-0.1, -0.05) is 46.3 Å². The van der Waals surface area contributed by atoms with Crippen molar-refractivity contribution >= 4 is 27.5 Å². The average Bonchev–Trinajstić information content (AvgIpc) is 2.31. The van der Waals surface area contributed by atoms with E-state index >= 15 is 0 Å². The first kappa shape index (κ1) is 13.6. The Labute approximate surface area is 122 Å². The molecule has 0 bridgehead atoms. The first-order valence-corrected chi connectivity index (χ1v) is 7.25. The van der Waals surface area contributed by atoms with Crippen molar-refractivity contribution in [2.45, 2.75) is 25.6 Å². The van der Waals surface area contributed by atoms with Gasteiger partial charge in [0.05, 0.1) is 5.38 Å². The van der Waals surface area contributed by atoms with E-state index in [1.807, 2.05) is 0 Å². The van der Waals surface area contributed by atoms with Gasteiger partial charge in [0, 0.05) is 4.47 Å². The Bertz CT molecular complexity index is 528. The predicted octanol–water partition coefficient (Wildman–Crippen LogP) is 5.59. The van der Waals surface area contributed by atoms with E-state index in [-0.39, 0.29) is 5.38 Å². The van der Waals surface area contributed by atoms with Gasteiger partial charge in [-0.25, -0.2) is 0 Å². The first-order valence-electron chi connectivity index (χ1n) is 6.02. The quantitative estimate of drug-likeness (QED) is 0.646. The summed E-state index contributed by atoms with van der Waals surface area (Å²) in [5, 5.41) is 0.0160. The SMILES string of the molecule is Cc1cc(Br)cc(C(Cl)Cc2ccccc2C)c1. The number of hydrogen-bond acceptors (Lipinski definition) is 0. The largest absolute Gasteiger partial charge is 0.117 e. The summed E-state index contributed by atoms with van der Waals surface area (Å²) in [6.45, 7) is 4.22. The highest BCUT2D eigenvalue weighted by atomic mass is 79.9. The Kier molecular flexibility index (Phi) is 4.47. The highest BCUT2D eigenvalue weighted by Crippen LogP contribution is 2.29. The van der Waals surface area contributed by atoms with Crippen LogP contribution in [0.25, 0.3) is 0 Å². The summed E-state index contributed by atoms with van der Waals surface area (Å²) in [7, 11) is 0. The van der Waals surface area contributed by atoms with E-state index in [9.17, 15) is 0 Å². The molecule has 18 heavy (non-hydrogen) atoms. The van der Waals surface area contributed by atoms with E-state index in [1.165, 1.54) is 22.3 Å². The van der Waals surface area contributed by atoms with Gasteiger partial charge < -0.3 is 0 Å². The maximum atomic E-state index is 6.54. The highest BCUT2D eigenvalue weighted by molar-refractivity contribution is 9.10. The van der Waals surface area contributed by atoms with Crippen LogP contribution in [0.3, 0.4) is 0 Å². The van der Waals surface area contributed by atoms with Crippen LogP contribution < -0.4 is 0 Å².